The number of aromatic nitrogens is 2. The van der Waals surface area contributed by atoms with E-state index in [0.717, 1.165) is 5.75 Å². The van der Waals surface area contributed by atoms with Crippen LogP contribution >= 0.6 is 34.9 Å². The number of carbonyl (C=O) groups excluding carboxylic acids is 1. The van der Waals surface area contributed by atoms with E-state index < -0.39 is 0 Å². The number of amides is 1. The second-order valence-electron chi connectivity index (χ2n) is 4.62. The summed E-state index contributed by atoms with van der Waals surface area (Å²) in [6, 6.07) is 16.8. The number of halogens is 1. The highest BCUT2D eigenvalue weighted by Gasteiger charge is 2.10. The van der Waals surface area contributed by atoms with Gasteiger partial charge in [-0.05, 0) is 29.8 Å². The van der Waals surface area contributed by atoms with Gasteiger partial charge in [-0.2, -0.15) is 9.36 Å². The average molecular weight is 362 g/mol. The quantitative estimate of drug-likeness (QED) is 0.667. The summed E-state index contributed by atoms with van der Waals surface area (Å²) in [6.07, 6.45) is 0. The lowest BCUT2D eigenvalue weighted by atomic mass is 10.2. The number of hydrogen-bond acceptors (Lipinski definition) is 5. The van der Waals surface area contributed by atoms with Gasteiger partial charge in [0.05, 0.1) is 0 Å². The van der Waals surface area contributed by atoms with Gasteiger partial charge < -0.3 is 0 Å². The first-order chi connectivity index (χ1) is 11.2. The molecule has 0 saturated carbocycles. The minimum absolute atomic E-state index is 0.225. The maximum atomic E-state index is 12.1. The van der Waals surface area contributed by atoms with Crippen molar-refractivity contribution in [2.45, 2.75) is 10.9 Å². The lowest BCUT2D eigenvalue weighted by Gasteiger charge is -2.01. The Morgan fingerprint density at radius 2 is 1.87 bits per heavy atom. The summed E-state index contributed by atoms with van der Waals surface area (Å²) in [4.78, 5) is 16.4. The van der Waals surface area contributed by atoms with E-state index in [1.54, 1.807) is 24.3 Å². The molecule has 0 aliphatic rings. The fourth-order valence-electron chi connectivity index (χ4n) is 1.81. The predicted molar refractivity (Wildman–Crippen MR) is 95.3 cm³/mol. The van der Waals surface area contributed by atoms with Crippen molar-refractivity contribution < 1.29 is 4.79 Å². The van der Waals surface area contributed by atoms with E-state index in [-0.39, 0.29) is 5.91 Å². The van der Waals surface area contributed by atoms with Crippen LogP contribution < -0.4 is 5.32 Å². The Morgan fingerprint density at radius 1 is 1.13 bits per heavy atom. The van der Waals surface area contributed by atoms with Crippen LogP contribution in [0.25, 0.3) is 0 Å². The van der Waals surface area contributed by atoms with Crippen LogP contribution in [0.5, 0.6) is 0 Å². The van der Waals surface area contributed by atoms with E-state index >= 15 is 0 Å². The summed E-state index contributed by atoms with van der Waals surface area (Å²) in [6.45, 7) is 0. The summed E-state index contributed by atoms with van der Waals surface area (Å²) in [7, 11) is 0. The minimum Gasteiger partial charge on any atom is -0.297 e. The number of rotatable bonds is 5. The van der Waals surface area contributed by atoms with E-state index in [9.17, 15) is 4.79 Å². The number of anilines is 1. The van der Waals surface area contributed by atoms with Crippen LogP contribution in [-0.2, 0) is 5.75 Å². The van der Waals surface area contributed by atoms with Gasteiger partial charge in [-0.15, -0.1) is 0 Å². The highest BCUT2D eigenvalue weighted by Crippen LogP contribution is 2.24. The Hall–Kier alpha value is -1.89. The average Bonchev–Trinajstić information content (AvgIpc) is 3.02. The fraction of sp³-hybridized carbons (Fsp3) is 0.0625. The van der Waals surface area contributed by atoms with E-state index in [1.165, 1.54) is 28.9 Å². The molecule has 0 fully saturated rings. The van der Waals surface area contributed by atoms with Crippen LogP contribution in [0.1, 0.15) is 15.9 Å². The third kappa shape index (κ3) is 4.54. The maximum absolute atomic E-state index is 12.1. The molecule has 3 rings (SSSR count). The standard InChI is InChI=1S/C16H12ClN3OS2/c17-13-8-6-12(7-9-13)14(21)18-15-19-16(20-23-15)22-10-11-4-2-1-3-5-11/h1-9H,10H2,(H,18,19,20,21). The second-order valence-corrected chi connectivity index (χ2v) is 6.75. The van der Waals surface area contributed by atoms with Gasteiger partial charge in [0, 0.05) is 27.9 Å². The van der Waals surface area contributed by atoms with Gasteiger partial charge in [0.1, 0.15) is 0 Å². The molecular formula is C16H12ClN3OS2. The largest absolute Gasteiger partial charge is 0.297 e. The van der Waals surface area contributed by atoms with E-state index in [0.29, 0.717) is 20.9 Å². The van der Waals surface area contributed by atoms with Gasteiger partial charge >= 0.3 is 0 Å². The van der Waals surface area contributed by atoms with Gasteiger partial charge in [-0.25, -0.2) is 0 Å². The van der Waals surface area contributed by atoms with Gasteiger partial charge in [-0.3, -0.25) is 10.1 Å². The summed E-state index contributed by atoms with van der Waals surface area (Å²) in [5.41, 5.74) is 1.74. The summed E-state index contributed by atoms with van der Waals surface area (Å²) >= 11 is 8.52. The van der Waals surface area contributed by atoms with Crippen LogP contribution in [0, 0.1) is 0 Å². The van der Waals surface area contributed by atoms with Crippen LogP contribution in [0.2, 0.25) is 5.02 Å². The van der Waals surface area contributed by atoms with Crippen molar-refractivity contribution >= 4 is 45.9 Å². The van der Waals surface area contributed by atoms with Gasteiger partial charge in [0.15, 0.2) is 0 Å². The highest BCUT2D eigenvalue weighted by molar-refractivity contribution is 7.98. The molecule has 0 atom stereocenters. The van der Waals surface area contributed by atoms with Gasteiger partial charge in [-0.1, -0.05) is 53.7 Å². The molecule has 7 heteroatoms. The number of nitrogens with zero attached hydrogens (tertiary/aromatic N) is 2. The molecule has 2 aromatic carbocycles. The number of benzene rings is 2. The van der Waals surface area contributed by atoms with Crippen LogP contribution in [0.4, 0.5) is 5.13 Å². The van der Waals surface area contributed by atoms with E-state index in [2.05, 4.69) is 26.8 Å². The first-order valence-electron chi connectivity index (χ1n) is 6.78. The molecule has 0 radical (unpaired) electrons. The zero-order chi connectivity index (χ0) is 16.1. The first-order valence-corrected chi connectivity index (χ1v) is 8.92. The van der Waals surface area contributed by atoms with Gasteiger partial charge in [0.2, 0.25) is 10.3 Å². The summed E-state index contributed by atoms with van der Waals surface area (Å²) in [5, 5.41) is 4.48. The summed E-state index contributed by atoms with van der Waals surface area (Å²) in [5.74, 6) is 0.569. The van der Waals surface area contributed by atoms with E-state index in [4.69, 9.17) is 11.6 Å². The first kappa shape index (κ1) is 16.0. The normalized spacial score (nSPS) is 10.5. The molecule has 1 aromatic heterocycles. The molecule has 0 spiro atoms. The minimum atomic E-state index is -0.225. The SMILES string of the molecule is O=C(Nc1nc(SCc2ccccc2)ns1)c1ccc(Cl)cc1. The molecule has 23 heavy (non-hydrogen) atoms. The maximum Gasteiger partial charge on any atom is 0.257 e. The van der Waals surface area contributed by atoms with Crippen molar-refractivity contribution in [3.63, 3.8) is 0 Å². The molecule has 0 aliphatic carbocycles. The number of thioether (sulfide) groups is 1. The zero-order valence-corrected chi connectivity index (χ0v) is 14.3. The molecule has 0 aliphatic heterocycles. The molecular weight excluding hydrogens is 350 g/mol. The monoisotopic (exact) mass is 361 g/mol. The Balaban J connectivity index is 1.58. The van der Waals surface area contributed by atoms with Crippen molar-refractivity contribution in [2.24, 2.45) is 0 Å². The molecule has 116 valence electrons. The smallest absolute Gasteiger partial charge is 0.257 e. The second kappa shape index (κ2) is 7.59. The molecule has 0 unspecified atom stereocenters. The Bertz CT molecular complexity index is 791. The van der Waals surface area contributed by atoms with E-state index in [1.807, 2.05) is 18.2 Å². The highest BCUT2D eigenvalue weighted by atomic mass is 35.5. The number of hydrogen-bond donors (Lipinski definition) is 1. The number of carbonyl (C=O) groups is 1. The van der Waals surface area contributed by atoms with Crippen LogP contribution in [-0.4, -0.2) is 15.3 Å². The molecule has 1 N–H and O–H groups in total. The molecule has 0 saturated heterocycles. The third-order valence-electron chi connectivity index (χ3n) is 2.95. The van der Waals surface area contributed by atoms with Crippen molar-refractivity contribution in [2.75, 3.05) is 5.32 Å². The Labute approximate surface area is 147 Å². The topological polar surface area (TPSA) is 54.9 Å². The molecule has 0 bridgehead atoms. The third-order valence-corrected chi connectivity index (χ3v) is 4.86. The molecule has 1 amide bonds. The fourth-order valence-corrected chi connectivity index (χ4v) is 3.43. The van der Waals surface area contributed by atoms with Crippen molar-refractivity contribution in [1.29, 1.82) is 0 Å². The Morgan fingerprint density at radius 3 is 2.61 bits per heavy atom. The lowest BCUT2D eigenvalue weighted by molar-refractivity contribution is 0.102. The number of nitrogens with one attached hydrogen (secondary N) is 1. The van der Waals surface area contributed by atoms with Gasteiger partial charge in [0.25, 0.3) is 5.91 Å². The van der Waals surface area contributed by atoms with Crippen molar-refractivity contribution in [3.8, 4) is 0 Å². The van der Waals surface area contributed by atoms with Crippen LogP contribution in [0.15, 0.2) is 59.8 Å². The molecule has 4 nitrogen and oxygen atoms in total. The van der Waals surface area contributed by atoms with Crippen LogP contribution in [0.3, 0.4) is 0 Å². The summed E-state index contributed by atoms with van der Waals surface area (Å²) < 4.78 is 4.25. The zero-order valence-electron chi connectivity index (χ0n) is 11.9. The van der Waals surface area contributed by atoms with Crippen molar-refractivity contribution in [3.05, 3.63) is 70.7 Å². The molecule has 3 aromatic rings. The predicted octanol–water partition coefficient (Wildman–Crippen LogP) is 4.74. The Kier molecular flexibility index (Phi) is 5.27. The van der Waals surface area contributed by atoms with Crippen molar-refractivity contribution in [1.82, 2.24) is 9.36 Å². The lowest BCUT2D eigenvalue weighted by Crippen LogP contribution is -2.11. The molecule has 1 heterocycles.